The molecule has 1 N–H and O–H groups in total. The first kappa shape index (κ1) is 23.6. The molecule has 0 bridgehead atoms. The van der Waals surface area contributed by atoms with Gasteiger partial charge in [-0.1, -0.05) is 13.8 Å². The Labute approximate surface area is 187 Å². The average molecular weight is 460 g/mol. The van der Waals surface area contributed by atoms with E-state index in [0.717, 1.165) is 0 Å². The van der Waals surface area contributed by atoms with Gasteiger partial charge >= 0.3 is 0 Å². The minimum Gasteiger partial charge on any atom is -0.492 e. The summed E-state index contributed by atoms with van der Waals surface area (Å²) in [4.78, 5) is 17.5. The fourth-order valence-corrected chi connectivity index (χ4v) is 4.96. The number of ether oxygens (including phenoxy) is 1. The van der Waals surface area contributed by atoms with Crippen molar-refractivity contribution < 1.29 is 22.3 Å². The van der Waals surface area contributed by atoms with E-state index in [1.54, 1.807) is 33.8 Å². The van der Waals surface area contributed by atoms with Crippen molar-refractivity contribution >= 4 is 32.5 Å². The van der Waals surface area contributed by atoms with Crippen molar-refractivity contribution in [1.82, 2.24) is 9.29 Å². The van der Waals surface area contributed by atoms with Crippen LogP contribution in [0.1, 0.15) is 36.8 Å². The summed E-state index contributed by atoms with van der Waals surface area (Å²) < 4.78 is 46.5. The zero-order valence-electron chi connectivity index (χ0n) is 18.5. The molecular weight excluding hydrogens is 433 g/mol. The number of nitrogens with one attached hydrogen (secondary N) is 1. The highest BCUT2D eigenvalue weighted by Gasteiger charge is 2.24. The van der Waals surface area contributed by atoms with Gasteiger partial charge in [0.15, 0.2) is 0 Å². The molecule has 1 heterocycles. The maximum absolute atomic E-state index is 13.6. The van der Waals surface area contributed by atoms with Gasteiger partial charge in [0.25, 0.3) is 5.91 Å². The molecule has 0 radical (unpaired) electrons. The van der Waals surface area contributed by atoms with Gasteiger partial charge in [-0.15, -0.1) is 0 Å². The number of hydrogen-bond donors (Lipinski definition) is 1. The summed E-state index contributed by atoms with van der Waals surface area (Å²) >= 11 is 0. The molecule has 0 aliphatic rings. The third kappa shape index (κ3) is 4.73. The van der Waals surface area contributed by atoms with E-state index < -0.39 is 21.7 Å². The number of aryl methyl sites for hydroxylation is 1. The Kier molecular flexibility index (Phi) is 7.10. The van der Waals surface area contributed by atoms with Gasteiger partial charge < -0.3 is 10.1 Å². The van der Waals surface area contributed by atoms with Crippen molar-refractivity contribution in [3.8, 4) is 5.75 Å². The van der Waals surface area contributed by atoms with Gasteiger partial charge in [0, 0.05) is 30.2 Å². The van der Waals surface area contributed by atoms with Gasteiger partial charge in [0.1, 0.15) is 11.6 Å². The molecule has 7 nitrogen and oxygen atoms in total. The smallest absolute Gasteiger partial charge is 0.256 e. The number of halogens is 1. The Bertz CT molecular complexity index is 1250. The van der Waals surface area contributed by atoms with E-state index in [0.29, 0.717) is 47.6 Å². The molecule has 2 aromatic carbocycles. The number of fused-ring (bicyclic) bond motifs is 1. The first-order chi connectivity index (χ1) is 15.2. The number of benzene rings is 2. The topological polar surface area (TPSA) is 88.6 Å². The lowest BCUT2D eigenvalue weighted by molar-refractivity contribution is 0.102. The van der Waals surface area contributed by atoms with E-state index in [-0.39, 0.29) is 10.6 Å². The Balaban J connectivity index is 2.06. The number of amides is 1. The SMILES string of the molecule is CCOc1ccc(S(=O)(=O)N(CC)CC)cc1NC(=O)c1cc(C)nc2cc(F)ccc12. The Morgan fingerprint density at radius 2 is 1.81 bits per heavy atom. The molecule has 1 aromatic heterocycles. The van der Waals surface area contributed by atoms with Crippen molar-refractivity contribution in [2.75, 3.05) is 25.0 Å². The predicted molar refractivity (Wildman–Crippen MR) is 122 cm³/mol. The monoisotopic (exact) mass is 459 g/mol. The first-order valence-electron chi connectivity index (χ1n) is 10.4. The zero-order valence-corrected chi connectivity index (χ0v) is 19.3. The van der Waals surface area contributed by atoms with E-state index in [2.05, 4.69) is 10.3 Å². The molecule has 0 saturated carbocycles. The lowest BCUT2D eigenvalue weighted by Crippen LogP contribution is -2.30. The summed E-state index contributed by atoms with van der Waals surface area (Å²) in [5.74, 6) is -0.583. The summed E-state index contributed by atoms with van der Waals surface area (Å²) in [6.07, 6.45) is 0. The fraction of sp³-hybridized carbons (Fsp3) is 0.304. The predicted octanol–water partition coefficient (Wildman–Crippen LogP) is 4.36. The molecular formula is C23H26FN3O4S. The minimum absolute atomic E-state index is 0.0535. The van der Waals surface area contributed by atoms with E-state index in [9.17, 15) is 17.6 Å². The van der Waals surface area contributed by atoms with Gasteiger partial charge in [-0.25, -0.2) is 12.8 Å². The maximum Gasteiger partial charge on any atom is 0.256 e. The van der Waals surface area contributed by atoms with E-state index in [4.69, 9.17) is 4.74 Å². The van der Waals surface area contributed by atoms with Crippen LogP contribution in [0.5, 0.6) is 5.75 Å². The van der Waals surface area contributed by atoms with Crippen molar-refractivity contribution in [2.24, 2.45) is 0 Å². The van der Waals surface area contributed by atoms with Crippen molar-refractivity contribution in [3.63, 3.8) is 0 Å². The van der Waals surface area contributed by atoms with E-state index in [1.165, 1.54) is 40.7 Å². The second-order valence-corrected chi connectivity index (χ2v) is 9.05. The summed E-state index contributed by atoms with van der Waals surface area (Å²) in [6, 6.07) is 10.0. The summed E-state index contributed by atoms with van der Waals surface area (Å²) in [6.45, 7) is 8.02. The maximum atomic E-state index is 13.6. The third-order valence-corrected chi connectivity index (χ3v) is 7.03. The molecule has 170 valence electrons. The van der Waals surface area contributed by atoms with E-state index >= 15 is 0 Å². The lowest BCUT2D eigenvalue weighted by Gasteiger charge is -2.20. The van der Waals surface area contributed by atoms with Crippen LogP contribution < -0.4 is 10.1 Å². The third-order valence-electron chi connectivity index (χ3n) is 4.99. The number of carbonyl (C=O) groups is 1. The Morgan fingerprint density at radius 3 is 2.47 bits per heavy atom. The highest BCUT2D eigenvalue weighted by molar-refractivity contribution is 7.89. The zero-order chi connectivity index (χ0) is 23.5. The van der Waals surface area contributed by atoms with Crippen molar-refractivity contribution in [3.05, 3.63) is 59.5 Å². The fourth-order valence-electron chi connectivity index (χ4n) is 3.47. The van der Waals surface area contributed by atoms with Crippen LogP contribution in [0.4, 0.5) is 10.1 Å². The van der Waals surface area contributed by atoms with Crippen LogP contribution in [-0.4, -0.2) is 43.3 Å². The molecule has 0 aliphatic carbocycles. The molecule has 0 atom stereocenters. The molecule has 0 unspecified atom stereocenters. The Hall–Kier alpha value is -3.04. The summed E-state index contributed by atoms with van der Waals surface area (Å²) in [5, 5.41) is 3.25. The molecule has 32 heavy (non-hydrogen) atoms. The van der Waals surface area contributed by atoms with Crippen LogP contribution >= 0.6 is 0 Å². The number of anilines is 1. The normalized spacial score (nSPS) is 11.7. The standard InChI is InChI=1S/C23H26FN3O4S/c1-5-27(6-2)32(29,30)17-9-11-22(31-7-3)21(14-17)26-23(28)19-12-15(4)25-20-13-16(24)8-10-18(19)20/h8-14H,5-7H2,1-4H3,(H,26,28). The molecule has 0 spiro atoms. The highest BCUT2D eigenvalue weighted by atomic mass is 32.2. The lowest BCUT2D eigenvalue weighted by atomic mass is 10.1. The second kappa shape index (κ2) is 9.62. The van der Waals surface area contributed by atoms with Crippen molar-refractivity contribution in [2.45, 2.75) is 32.6 Å². The highest BCUT2D eigenvalue weighted by Crippen LogP contribution is 2.30. The van der Waals surface area contributed by atoms with Gasteiger partial charge in [0.2, 0.25) is 10.0 Å². The number of pyridine rings is 1. The van der Waals surface area contributed by atoms with Gasteiger partial charge in [-0.05, 0) is 50.2 Å². The molecule has 1 amide bonds. The van der Waals surface area contributed by atoms with Gasteiger partial charge in [-0.3, -0.25) is 9.78 Å². The average Bonchev–Trinajstić information content (AvgIpc) is 2.74. The number of nitrogens with zero attached hydrogens (tertiary/aromatic N) is 2. The first-order valence-corrected chi connectivity index (χ1v) is 11.8. The van der Waals surface area contributed by atoms with Gasteiger partial charge in [-0.2, -0.15) is 4.31 Å². The number of hydrogen-bond acceptors (Lipinski definition) is 5. The van der Waals surface area contributed by atoms with Crippen LogP contribution in [0, 0.1) is 12.7 Å². The molecule has 3 aromatic rings. The van der Waals surface area contributed by atoms with Crippen LogP contribution in [-0.2, 0) is 10.0 Å². The minimum atomic E-state index is -3.73. The molecule has 0 saturated heterocycles. The van der Waals surface area contributed by atoms with E-state index in [1.807, 2.05) is 0 Å². The number of rotatable bonds is 8. The molecule has 9 heteroatoms. The van der Waals surface area contributed by atoms with Crippen molar-refractivity contribution in [1.29, 1.82) is 0 Å². The number of carbonyl (C=O) groups excluding carboxylic acids is 1. The number of sulfonamides is 1. The summed E-state index contributed by atoms with van der Waals surface area (Å²) in [7, 11) is -3.73. The van der Waals surface area contributed by atoms with Crippen LogP contribution in [0.3, 0.4) is 0 Å². The largest absolute Gasteiger partial charge is 0.492 e. The molecule has 3 rings (SSSR count). The van der Waals surface area contributed by atoms with Crippen LogP contribution in [0.15, 0.2) is 47.4 Å². The second-order valence-electron chi connectivity index (χ2n) is 7.11. The Morgan fingerprint density at radius 1 is 1.09 bits per heavy atom. The van der Waals surface area contributed by atoms with Crippen LogP contribution in [0.2, 0.25) is 0 Å². The number of aromatic nitrogens is 1. The quantitative estimate of drug-likeness (QED) is 0.541. The molecule has 0 fully saturated rings. The summed E-state index contributed by atoms with van der Waals surface area (Å²) in [5.41, 5.74) is 1.44. The van der Waals surface area contributed by atoms with Crippen LogP contribution in [0.25, 0.3) is 10.9 Å². The molecule has 0 aliphatic heterocycles. The van der Waals surface area contributed by atoms with Gasteiger partial charge in [0.05, 0.1) is 28.3 Å².